The van der Waals surface area contributed by atoms with Crippen molar-refractivity contribution >= 4 is 27.7 Å². The first-order chi connectivity index (χ1) is 8.67. The standard InChI is InChI=1S/C13H14BrNO3/c14-3-4-18-13(17)8-1-2-11-9(5-8)6-10(7-15)12(11)16/h1-2,5,10H,3-4,6-7,15H2. The number of fused-ring (bicyclic) bond motifs is 1. The Morgan fingerprint density at radius 3 is 2.94 bits per heavy atom. The van der Waals surface area contributed by atoms with Gasteiger partial charge in [0.05, 0.1) is 5.56 Å². The van der Waals surface area contributed by atoms with E-state index in [1.165, 1.54) is 0 Å². The predicted octanol–water partition coefficient (Wildman–Crippen LogP) is 1.55. The topological polar surface area (TPSA) is 69.4 Å². The molecule has 0 saturated carbocycles. The lowest BCUT2D eigenvalue weighted by molar-refractivity contribution is 0.0531. The van der Waals surface area contributed by atoms with Gasteiger partial charge in [-0.25, -0.2) is 4.79 Å². The number of nitrogens with two attached hydrogens (primary N) is 1. The molecule has 5 heteroatoms. The van der Waals surface area contributed by atoms with E-state index < -0.39 is 0 Å². The Morgan fingerprint density at radius 1 is 1.50 bits per heavy atom. The Hall–Kier alpha value is -1.20. The molecule has 1 aromatic carbocycles. The van der Waals surface area contributed by atoms with Gasteiger partial charge in [0.2, 0.25) is 0 Å². The summed E-state index contributed by atoms with van der Waals surface area (Å²) in [7, 11) is 0. The third-order valence-corrected chi connectivity index (χ3v) is 3.36. The third-order valence-electron chi connectivity index (χ3n) is 3.04. The number of carbonyl (C=O) groups is 2. The average Bonchev–Trinajstić information content (AvgIpc) is 2.72. The van der Waals surface area contributed by atoms with Crippen molar-refractivity contribution in [3.05, 3.63) is 34.9 Å². The first kappa shape index (κ1) is 13.2. The van der Waals surface area contributed by atoms with Crippen LogP contribution in [0.2, 0.25) is 0 Å². The summed E-state index contributed by atoms with van der Waals surface area (Å²) in [6.07, 6.45) is 0.615. The van der Waals surface area contributed by atoms with Crippen molar-refractivity contribution in [2.24, 2.45) is 11.7 Å². The van der Waals surface area contributed by atoms with Crippen LogP contribution < -0.4 is 5.73 Å². The highest BCUT2D eigenvalue weighted by Gasteiger charge is 2.29. The summed E-state index contributed by atoms with van der Waals surface area (Å²) in [6.45, 7) is 0.678. The van der Waals surface area contributed by atoms with Gasteiger partial charge in [-0.1, -0.05) is 22.0 Å². The first-order valence-corrected chi connectivity index (χ1v) is 6.89. The highest BCUT2D eigenvalue weighted by molar-refractivity contribution is 9.09. The fourth-order valence-corrected chi connectivity index (χ4v) is 2.27. The van der Waals surface area contributed by atoms with Crippen LogP contribution in [0.4, 0.5) is 0 Å². The first-order valence-electron chi connectivity index (χ1n) is 5.77. The van der Waals surface area contributed by atoms with Crippen LogP contribution in [0, 0.1) is 5.92 Å². The van der Waals surface area contributed by atoms with E-state index in [2.05, 4.69) is 15.9 Å². The molecule has 18 heavy (non-hydrogen) atoms. The van der Waals surface area contributed by atoms with Crippen LogP contribution in [0.3, 0.4) is 0 Å². The molecule has 1 atom stereocenters. The lowest BCUT2D eigenvalue weighted by Gasteiger charge is -2.04. The quantitative estimate of drug-likeness (QED) is 0.676. The number of carbonyl (C=O) groups excluding carboxylic acids is 2. The minimum atomic E-state index is -0.360. The zero-order valence-electron chi connectivity index (χ0n) is 9.82. The monoisotopic (exact) mass is 311 g/mol. The number of ether oxygens (including phenoxy) is 1. The molecule has 1 aliphatic carbocycles. The van der Waals surface area contributed by atoms with Gasteiger partial charge in [0, 0.05) is 23.4 Å². The normalized spacial score (nSPS) is 17.7. The second-order valence-corrected chi connectivity index (χ2v) is 4.99. The molecular formula is C13H14BrNO3. The highest BCUT2D eigenvalue weighted by Crippen LogP contribution is 2.27. The lowest BCUT2D eigenvalue weighted by atomic mass is 10.1. The van der Waals surface area contributed by atoms with Gasteiger partial charge >= 0.3 is 5.97 Å². The molecule has 0 heterocycles. The number of Topliss-reactive ketones (excluding diaryl/α,β-unsaturated/α-hetero) is 1. The molecule has 4 nitrogen and oxygen atoms in total. The molecule has 2 N–H and O–H groups in total. The van der Waals surface area contributed by atoms with E-state index in [-0.39, 0.29) is 17.7 Å². The summed E-state index contributed by atoms with van der Waals surface area (Å²) < 4.78 is 5.02. The Balaban J connectivity index is 2.20. The van der Waals surface area contributed by atoms with Crippen molar-refractivity contribution in [3.8, 4) is 0 Å². The smallest absolute Gasteiger partial charge is 0.338 e. The average molecular weight is 312 g/mol. The number of esters is 1. The van der Waals surface area contributed by atoms with Gasteiger partial charge in [-0.05, 0) is 24.1 Å². The molecule has 0 bridgehead atoms. The van der Waals surface area contributed by atoms with E-state index in [0.717, 1.165) is 5.56 Å². The zero-order chi connectivity index (χ0) is 13.1. The minimum absolute atomic E-state index is 0.0767. The summed E-state index contributed by atoms with van der Waals surface area (Å²) in [5, 5.41) is 0.609. The molecule has 1 aliphatic rings. The Morgan fingerprint density at radius 2 is 2.28 bits per heavy atom. The number of ketones is 1. The molecule has 0 saturated heterocycles. The third kappa shape index (κ3) is 2.47. The maximum atomic E-state index is 11.9. The van der Waals surface area contributed by atoms with Crippen LogP contribution in [-0.4, -0.2) is 30.2 Å². The van der Waals surface area contributed by atoms with Crippen molar-refractivity contribution in [2.45, 2.75) is 6.42 Å². The number of alkyl halides is 1. The van der Waals surface area contributed by atoms with Crippen molar-refractivity contribution < 1.29 is 14.3 Å². The minimum Gasteiger partial charge on any atom is -0.461 e. The fraction of sp³-hybridized carbons (Fsp3) is 0.385. The van der Waals surface area contributed by atoms with Gasteiger partial charge in [-0.15, -0.1) is 0 Å². The van der Waals surface area contributed by atoms with E-state index >= 15 is 0 Å². The summed E-state index contributed by atoms with van der Waals surface area (Å²) in [5.41, 5.74) is 7.61. The van der Waals surface area contributed by atoms with E-state index in [9.17, 15) is 9.59 Å². The van der Waals surface area contributed by atoms with Crippen molar-refractivity contribution in [1.29, 1.82) is 0 Å². The molecule has 0 radical (unpaired) electrons. The molecule has 0 amide bonds. The summed E-state index contributed by atoms with van der Waals surface area (Å²) >= 11 is 3.19. The largest absolute Gasteiger partial charge is 0.461 e. The fourth-order valence-electron chi connectivity index (χ4n) is 2.11. The molecule has 96 valence electrons. The highest BCUT2D eigenvalue weighted by atomic mass is 79.9. The molecule has 0 spiro atoms. The van der Waals surface area contributed by atoms with Crippen LogP contribution in [0.5, 0.6) is 0 Å². The van der Waals surface area contributed by atoms with Gasteiger partial charge in [0.25, 0.3) is 0 Å². The van der Waals surface area contributed by atoms with Crippen LogP contribution in [0.25, 0.3) is 0 Å². The Labute approximate surface area is 114 Å². The Kier molecular flexibility index (Phi) is 4.14. The van der Waals surface area contributed by atoms with Crippen LogP contribution in [-0.2, 0) is 11.2 Å². The molecule has 1 unspecified atom stereocenters. The summed E-state index contributed by atoms with van der Waals surface area (Å²) in [5.74, 6) is -0.428. The van der Waals surface area contributed by atoms with Crippen molar-refractivity contribution in [3.63, 3.8) is 0 Å². The van der Waals surface area contributed by atoms with Crippen molar-refractivity contribution in [1.82, 2.24) is 0 Å². The second kappa shape index (κ2) is 5.63. The predicted molar refractivity (Wildman–Crippen MR) is 71.1 cm³/mol. The summed E-state index contributed by atoms with van der Waals surface area (Å²) in [4.78, 5) is 23.6. The number of halogens is 1. The van der Waals surface area contributed by atoms with Gasteiger partial charge in [0.15, 0.2) is 5.78 Å². The zero-order valence-corrected chi connectivity index (χ0v) is 11.4. The maximum absolute atomic E-state index is 11.9. The van der Waals surface area contributed by atoms with Crippen LogP contribution >= 0.6 is 15.9 Å². The SMILES string of the molecule is NCC1Cc2cc(C(=O)OCCBr)ccc2C1=O. The van der Waals surface area contributed by atoms with E-state index in [1.807, 2.05) is 0 Å². The molecule has 0 aromatic heterocycles. The van der Waals surface area contributed by atoms with E-state index in [1.54, 1.807) is 18.2 Å². The molecule has 1 aromatic rings. The second-order valence-electron chi connectivity index (χ2n) is 4.20. The number of hydrogen-bond acceptors (Lipinski definition) is 4. The number of hydrogen-bond donors (Lipinski definition) is 1. The number of benzene rings is 1. The number of rotatable bonds is 4. The van der Waals surface area contributed by atoms with Crippen LogP contribution in [0.1, 0.15) is 26.3 Å². The van der Waals surface area contributed by atoms with E-state index in [4.69, 9.17) is 10.5 Å². The molecular weight excluding hydrogens is 298 g/mol. The van der Waals surface area contributed by atoms with Gasteiger partial charge in [-0.2, -0.15) is 0 Å². The molecule has 0 fully saturated rings. The summed E-state index contributed by atoms with van der Waals surface area (Å²) in [6, 6.07) is 5.06. The van der Waals surface area contributed by atoms with Gasteiger partial charge in [0.1, 0.15) is 6.61 Å². The maximum Gasteiger partial charge on any atom is 0.338 e. The Bertz CT molecular complexity index is 487. The van der Waals surface area contributed by atoms with Crippen LogP contribution in [0.15, 0.2) is 18.2 Å². The molecule has 0 aliphatic heterocycles. The van der Waals surface area contributed by atoms with E-state index in [0.29, 0.717) is 36.0 Å². The van der Waals surface area contributed by atoms with Gasteiger partial charge in [-0.3, -0.25) is 4.79 Å². The lowest BCUT2D eigenvalue weighted by Crippen LogP contribution is -2.19. The molecule has 2 rings (SSSR count). The van der Waals surface area contributed by atoms with Gasteiger partial charge < -0.3 is 10.5 Å². The van der Waals surface area contributed by atoms with Crippen molar-refractivity contribution in [2.75, 3.05) is 18.5 Å².